The van der Waals surface area contributed by atoms with Crippen molar-refractivity contribution in [1.82, 2.24) is 10.6 Å². The Labute approximate surface area is 172 Å². The summed E-state index contributed by atoms with van der Waals surface area (Å²) >= 11 is 0. The summed E-state index contributed by atoms with van der Waals surface area (Å²) in [7, 11) is -1.64. The monoisotopic (exact) mass is 396 g/mol. The molecule has 6 nitrogen and oxygen atoms in total. The second kappa shape index (κ2) is 10.8. The van der Waals surface area contributed by atoms with Crippen LogP contribution in [0, 0.1) is 12.8 Å². The average molecular weight is 396 g/mol. The molecule has 2 aromatic carbocycles. The van der Waals surface area contributed by atoms with E-state index in [1.54, 1.807) is 24.3 Å². The largest absolute Gasteiger partial charge is 0.475 e. The van der Waals surface area contributed by atoms with Crippen molar-refractivity contribution in [2.45, 2.75) is 45.6 Å². The molecule has 154 valence electrons. The molecular weight excluding hydrogens is 367 g/mol. The van der Waals surface area contributed by atoms with Gasteiger partial charge >= 0.3 is 7.12 Å². The molecular formula is C22H29BN2O4. The average Bonchev–Trinajstić information content (AvgIpc) is 2.67. The van der Waals surface area contributed by atoms with Crippen molar-refractivity contribution in [1.29, 1.82) is 0 Å². The number of carbonyl (C=O) groups excluding carboxylic acids is 2. The van der Waals surface area contributed by atoms with Crippen LogP contribution in [0.15, 0.2) is 54.6 Å². The van der Waals surface area contributed by atoms with Gasteiger partial charge in [-0.1, -0.05) is 61.9 Å². The summed E-state index contributed by atoms with van der Waals surface area (Å²) in [5.41, 5.74) is 2.39. The molecule has 29 heavy (non-hydrogen) atoms. The molecule has 0 bridgehead atoms. The Kier molecular flexibility index (Phi) is 8.42. The first-order chi connectivity index (χ1) is 13.8. The molecule has 2 amide bonds. The molecule has 4 N–H and O–H groups in total. The van der Waals surface area contributed by atoms with E-state index in [-0.39, 0.29) is 24.2 Å². The quantitative estimate of drug-likeness (QED) is 0.489. The van der Waals surface area contributed by atoms with E-state index in [0.717, 1.165) is 11.1 Å². The van der Waals surface area contributed by atoms with Gasteiger partial charge in [0.1, 0.15) is 0 Å². The van der Waals surface area contributed by atoms with Crippen LogP contribution in [0.5, 0.6) is 0 Å². The third-order valence-corrected chi connectivity index (χ3v) is 4.64. The minimum Gasteiger partial charge on any atom is -0.426 e. The predicted octanol–water partition coefficient (Wildman–Crippen LogP) is 2.40. The molecule has 0 aliphatic rings. The lowest BCUT2D eigenvalue weighted by Gasteiger charge is -2.23. The fraction of sp³-hybridized carbons (Fsp3) is 0.364. The lowest BCUT2D eigenvalue weighted by atomic mass is 9.75. The number of aryl methyl sites for hydroxylation is 1. The maximum absolute atomic E-state index is 12.6. The summed E-state index contributed by atoms with van der Waals surface area (Å²) < 4.78 is 0. The van der Waals surface area contributed by atoms with Crippen molar-refractivity contribution in [3.05, 3.63) is 71.3 Å². The minimum absolute atomic E-state index is 0.0110. The highest BCUT2D eigenvalue weighted by atomic mass is 16.4. The van der Waals surface area contributed by atoms with Crippen LogP contribution in [0.3, 0.4) is 0 Å². The second-order valence-electron chi connectivity index (χ2n) is 7.72. The predicted molar refractivity (Wildman–Crippen MR) is 114 cm³/mol. The number of nitrogens with one attached hydrogen (secondary N) is 2. The highest BCUT2D eigenvalue weighted by Crippen LogP contribution is 2.19. The van der Waals surface area contributed by atoms with Crippen molar-refractivity contribution in [2.24, 2.45) is 5.92 Å². The van der Waals surface area contributed by atoms with Crippen LogP contribution in [0.25, 0.3) is 0 Å². The zero-order valence-electron chi connectivity index (χ0n) is 17.1. The maximum atomic E-state index is 12.6. The van der Waals surface area contributed by atoms with E-state index >= 15 is 0 Å². The summed E-state index contributed by atoms with van der Waals surface area (Å²) in [6.07, 6.45) is 0.429. The molecule has 0 aliphatic carbocycles. The van der Waals surface area contributed by atoms with Crippen molar-refractivity contribution in [3.8, 4) is 0 Å². The zero-order chi connectivity index (χ0) is 21.4. The molecule has 2 atom stereocenters. The van der Waals surface area contributed by atoms with Gasteiger partial charge < -0.3 is 20.7 Å². The van der Waals surface area contributed by atoms with Gasteiger partial charge in [-0.25, -0.2) is 0 Å². The fourth-order valence-corrected chi connectivity index (χ4v) is 3.10. The third-order valence-electron chi connectivity index (χ3n) is 4.64. The summed E-state index contributed by atoms with van der Waals surface area (Å²) in [5.74, 6) is -1.20. The molecule has 1 unspecified atom stereocenters. The molecule has 0 saturated carbocycles. The van der Waals surface area contributed by atoms with E-state index in [1.165, 1.54) is 0 Å². The zero-order valence-corrected chi connectivity index (χ0v) is 17.1. The number of rotatable bonds is 9. The lowest BCUT2D eigenvalue weighted by molar-refractivity contribution is -0.122. The van der Waals surface area contributed by atoms with Crippen molar-refractivity contribution < 1.29 is 19.6 Å². The molecule has 0 radical (unpaired) electrons. The van der Waals surface area contributed by atoms with Crippen LogP contribution in [0.2, 0.25) is 0 Å². The van der Waals surface area contributed by atoms with Gasteiger partial charge in [0.2, 0.25) is 5.91 Å². The van der Waals surface area contributed by atoms with Gasteiger partial charge in [-0.15, -0.1) is 0 Å². The third kappa shape index (κ3) is 7.36. The van der Waals surface area contributed by atoms with E-state index in [2.05, 4.69) is 10.6 Å². The topological polar surface area (TPSA) is 98.7 Å². The van der Waals surface area contributed by atoms with E-state index in [4.69, 9.17) is 0 Å². The maximum Gasteiger partial charge on any atom is 0.475 e. The molecule has 0 aromatic heterocycles. The summed E-state index contributed by atoms with van der Waals surface area (Å²) in [4.78, 5) is 25.3. The van der Waals surface area contributed by atoms with Gasteiger partial charge in [0.25, 0.3) is 5.91 Å². The van der Waals surface area contributed by atoms with Crippen LogP contribution in [-0.2, 0) is 4.79 Å². The Morgan fingerprint density at radius 2 is 1.59 bits per heavy atom. The first-order valence-electron chi connectivity index (χ1n) is 9.84. The van der Waals surface area contributed by atoms with Crippen molar-refractivity contribution in [2.75, 3.05) is 0 Å². The SMILES string of the molecule is Cc1ccc(C(CC(=O)N[C@@H](CC(C)C)B(O)O)NC(=O)c2ccccc2)cc1. The van der Waals surface area contributed by atoms with Gasteiger partial charge in [0, 0.05) is 5.56 Å². The van der Waals surface area contributed by atoms with E-state index in [1.807, 2.05) is 51.1 Å². The van der Waals surface area contributed by atoms with Gasteiger partial charge in [-0.05, 0) is 37.0 Å². The molecule has 2 rings (SSSR count). The van der Waals surface area contributed by atoms with Crippen LogP contribution in [-0.4, -0.2) is 34.9 Å². The molecule has 2 aromatic rings. The molecule has 0 saturated heterocycles. The van der Waals surface area contributed by atoms with Crippen LogP contribution in [0.4, 0.5) is 0 Å². The highest BCUT2D eigenvalue weighted by molar-refractivity contribution is 6.43. The van der Waals surface area contributed by atoms with E-state index < -0.39 is 19.1 Å². The van der Waals surface area contributed by atoms with Gasteiger partial charge in [-0.3, -0.25) is 9.59 Å². The Hall–Kier alpha value is -2.64. The van der Waals surface area contributed by atoms with Crippen LogP contribution < -0.4 is 10.6 Å². The molecule has 0 aliphatic heterocycles. The molecule has 0 fully saturated rings. The first kappa shape index (κ1) is 22.7. The van der Waals surface area contributed by atoms with Crippen LogP contribution >= 0.6 is 0 Å². The number of hydrogen-bond acceptors (Lipinski definition) is 4. The Morgan fingerprint density at radius 3 is 2.14 bits per heavy atom. The minimum atomic E-state index is -1.64. The second-order valence-corrected chi connectivity index (χ2v) is 7.72. The smallest absolute Gasteiger partial charge is 0.426 e. The number of amides is 2. The van der Waals surface area contributed by atoms with E-state index in [0.29, 0.717) is 12.0 Å². The van der Waals surface area contributed by atoms with Gasteiger partial charge in [0.15, 0.2) is 0 Å². The summed E-state index contributed by atoms with van der Waals surface area (Å²) in [6.45, 7) is 5.85. The lowest BCUT2D eigenvalue weighted by Crippen LogP contribution is -2.48. The fourth-order valence-electron chi connectivity index (χ4n) is 3.10. The molecule has 7 heteroatoms. The standard InChI is InChI=1S/C22H29BN2O4/c1-15(2)13-20(23(28)29)25-21(26)14-19(17-11-9-16(3)10-12-17)24-22(27)18-7-5-4-6-8-18/h4-12,15,19-20,28-29H,13-14H2,1-3H3,(H,24,27)(H,25,26)/t19?,20-/m0/s1. The molecule has 0 spiro atoms. The normalized spacial score (nSPS) is 12.9. The number of hydrogen-bond donors (Lipinski definition) is 4. The first-order valence-corrected chi connectivity index (χ1v) is 9.84. The summed E-state index contributed by atoms with van der Waals surface area (Å²) in [5, 5.41) is 24.7. The number of carbonyl (C=O) groups is 2. The number of benzene rings is 2. The Morgan fingerprint density at radius 1 is 0.966 bits per heavy atom. The van der Waals surface area contributed by atoms with Gasteiger partial charge in [-0.2, -0.15) is 0 Å². The highest BCUT2D eigenvalue weighted by Gasteiger charge is 2.27. The summed E-state index contributed by atoms with van der Waals surface area (Å²) in [6, 6.07) is 15.9. The Bertz CT molecular complexity index is 794. The Balaban J connectivity index is 2.15. The van der Waals surface area contributed by atoms with Crippen molar-refractivity contribution in [3.63, 3.8) is 0 Å². The van der Waals surface area contributed by atoms with E-state index in [9.17, 15) is 19.6 Å². The van der Waals surface area contributed by atoms with Gasteiger partial charge in [0.05, 0.1) is 18.4 Å². The van der Waals surface area contributed by atoms with Crippen LogP contribution in [0.1, 0.15) is 54.2 Å². The molecule has 0 heterocycles. The van der Waals surface area contributed by atoms with Crippen molar-refractivity contribution >= 4 is 18.9 Å².